The first-order valence-electron chi connectivity index (χ1n) is 8.60. The van der Waals surface area contributed by atoms with Gasteiger partial charge in [-0.15, -0.1) is 0 Å². The monoisotopic (exact) mass is 356 g/mol. The molecule has 1 heterocycles. The van der Waals surface area contributed by atoms with Crippen LogP contribution in [0.25, 0.3) is 22.2 Å². The number of hydrogen-bond donors (Lipinski definition) is 1. The van der Waals surface area contributed by atoms with Gasteiger partial charge in [0.1, 0.15) is 0 Å². The number of Topliss-reactive ketones (excluding diaryl/α,β-unsaturated/α-hetero) is 1. The second-order valence-electron chi connectivity index (χ2n) is 6.48. The van der Waals surface area contributed by atoms with Crippen molar-refractivity contribution in [1.29, 1.82) is 0 Å². The number of nitrogens with zero attached hydrogens (tertiary/aromatic N) is 1. The first kappa shape index (κ1) is 15.4. The lowest BCUT2D eigenvalue weighted by atomic mass is 10.0. The van der Waals surface area contributed by atoms with Crippen molar-refractivity contribution in [2.45, 2.75) is 11.6 Å². The minimum absolute atomic E-state index is 0.134. The average Bonchev–Trinajstić information content (AvgIpc) is 3.26. The van der Waals surface area contributed by atoms with Crippen LogP contribution in [0.5, 0.6) is 0 Å². The highest BCUT2D eigenvalue weighted by Gasteiger charge is 2.19. The zero-order chi connectivity index (χ0) is 17.5. The van der Waals surface area contributed by atoms with E-state index in [0.717, 1.165) is 28.2 Å². The molecule has 26 heavy (non-hydrogen) atoms. The Morgan fingerprint density at radius 2 is 1.77 bits per heavy atom. The summed E-state index contributed by atoms with van der Waals surface area (Å²) >= 11 is 1.45. The van der Waals surface area contributed by atoms with Crippen molar-refractivity contribution in [3.05, 3.63) is 83.4 Å². The normalized spacial score (nSPS) is 12.2. The molecular weight excluding hydrogens is 340 g/mol. The molecule has 0 unspecified atom stereocenters. The molecule has 0 bridgehead atoms. The molecule has 0 saturated heterocycles. The molecule has 0 saturated carbocycles. The Labute approximate surface area is 155 Å². The summed E-state index contributed by atoms with van der Waals surface area (Å²) in [6, 6.07) is 22.4. The summed E-state index contributed by atoms with van der Waals surface area (Å²) < 4.78 is 0. The van der Waals surface area contributed by atoms with E-state index in [2.05, 4.69) is 46.4 Å². The van der Waals surface area contributed by atoms with Crippen LogP contribution >= 0.6 is 11.8 Å². The van der Waals surface area contributed by atoms with Crippen LogP contribution in [-0.4, -0.2) is 21.5 Å². The van der Waals surface area contributed by atoms with Gasteiger partial charge >= 0.3 is 0 Å². The second-order valence-corrected chi connectivity index (χ2v) is 7.44. The molecular formula is C22H16N2OS. The fourth-order valence-electron chi connectivity index (χ4n) is 3.53. The highest BCUT2D eigenvalue weighted by molar-refractivity contribution is 7.99. The maximum atomic E-state index is 12.6. The Morgan fingerprint density at radius 3 is 2.69 bits per heavy atom. The summed E-state index contributed by atoms with van der Waals surface area (Å²) in [5.74, 6) is 0.514. The lowest BCUT2D eigenvalue weighted by Crippen LogP contribution is -2.03. The van der Waals surface area contributed by atoms with Crippen molar-refractivity contribution in [1.82, 2.24) is 9.97 Å². The van der Waals surface area contributed by atoms with Crippen LogP contribution in [0.1, 0.15) is 21.5 Å². The molecule has 4 aromatic rings. The number of thioether (sulfide) groups is 1. The molecule has 3 nitrogen and oxygen atoms in total. The molecule has 0 spiro atoms. The molecule has 0 fully saturated rings. The molecule has 1 aliphatic rings. The van der Waals surface area contributed by atoms with Crippen LogP contribution in [0, 0.1) is 0 Å². The molecule has 126 valence electrons. The first-order valence-corrected chi connectivity index (χ1v) is 9.58. The summed E-state index contributed by atoms with van der Waals surface area (Å²) in [6.07, 6.45) is 0.906. The van der Waals surface area contributed by atoms with E-state index in [-0.39, 0.29) is 5.78 Å². The number of benzene rings is 3. The lowest BCUT2D eigenvalue weighted by molar-refractivity contribution is 0.102. The lowest BCUT2D eigenvalue weighted by Gasteiger charge is -2.04. The SMILES string of the molecule is O=C(CSc1nc2ccccc2[nH]1)c1ccc2c(c1)Cc1ccccc1-2. The summed E-state index contributed by atoms with van der Waals surface area (Å²) in [6.45, 7) is 0. The highest BCUT2D eigenvalue weighted by atomic mass is 32.2. The highest BCUT2D eigenvalue weighted by Crippen LogP contribution is 2.36. The second kappa shape index (κ2) is 6.15. The molecule has 0 aliphatic heterocycles. The summed E-state index contributed by atoms with van der Waals surface area (Å²) in [4.78, 5) is 20.4. The van der Waals surface area contributed by atoms with Gasteiger partial charge in [0, 0.05) is 5.56 Å². The number of imidazole rings is 1. The smallest absolute Gasteiger partial charge is 0.173 e. The van der Waals surface area contributed by atoms with Crippen molar-refractivity contribution in [2.24, 2.45) is 0 Å². The first-order chi connectivity index (χ1) is 12.8. The van der Waals surface area contributed by atoms with Crippen LogP contribution in [0.2, 0.25) is 0 Å². The van der Waals surface area contributed by atoms with Crippen molar-refractivity contribution in [3.63, 3.8) is 0 Å². The van der Waals surface area contributed by atoms with Gasteiger partial charge in [0.15, 0.2) is 10.9 Å². The number of H-pyrrole nitrogens is 1. The minimum Gasteiger partial charge on any atom is -0.333 e. The number of nitrogens with one attached hydrogen (secondary N) is 1. The number of fused-ring (bicyclic) bond motifs is 4. The topological polar surface area (TPSA) is 45.8 Å². The maximum Gasteiger partial charge on any atom is 0.173 e. The number of para-hydroxylation sites is 2. The molecule has 1 N–H and O–H groups in total. The molecule has 1 aromatic heterocycles. The van der Waals surface area contributed by atoms with Crippen LogP contribution < -0.4 is 0 Å². The Hall–Kier alpha value is -2.85. The maximum absolute atomic E-state index is 12.6. The largest absolute Gasteiger partial charge is 0.333 e. The number of rotatable bonds is 4. The van der Waals surface area contributed by atoms with Gasteiger partial charge in [-0.3, -0.25) is 4.79 Å². The predicted molar refractivity (Wildman–Crippen MR) is 106 cm³/mol. The zero-order valence-corrected chi connectivity index (χ0v) is 14.8. The number of aromatic nitrogens is 2. The van der Waals surface area contributed by atoms with E-state index in [1.807, 2.05) is 30.3 Å². The zero-order valence-electron chi connectivity index (χ0n) is 14.0. The van der Waals surface area contributed by atoms with E-state index in [0.29, 0.717) is 5.75 Å². The van der Waals surface area contributed by atoms with Gasteiger partial charge in [-0.25, -0.2) is 4.98 Å². The van der Waals surface area contributed by atoms with E-state index in [9.17, 15) is 4.79 Å². The van der Waals surface area contributed by atoms with E-state index >= 15 is 0 Å². The fraction of sp³-hybridized carbons (Fsp3) is 0.0909. The minimum atomic E-state index is 0.134. The van der Waals surface area contributed by atoms with Gasteiger partial charge in [0.25, 0.3) is 0 Å². The van der Waals surface area contributed by atoms with Crippen LogP contribution in [0.3, 0.4) is 0 Å². The van der Waals surface area contributed by atoms with Crippen LogP contribution in [0.15, 0.2) is 71.9 Å². The van der Waals surface area contributed by atoms with Gasteiger partial charge in [-0.05, 0) is 46.9 Å². The van der Waals surface area contributed by atoms with Crippen LogP contribution in [-0.2, 0) is 6.42 Å². The third-order valence-electron chi connectivity index (χ3n) is 4.82. The van der Waals surface area contributed by atoms with Gasteiger partial charge in [-0.2, -0.15) is 0 Å². The van der Waals surface area contributed by atoms with Crippen molar-refractivity contribution in [3.8, 4) is 11.1 Å². The van der Waals surface area contributed by atoms with E-state index in [1.165, 1.54) is 34.0 Å². The van der Waals surface area contributed by atoms with Gasteiger partial charge in [-0.1, -0.05) is 60.3 Å². The summed E-state index contributed by atoms with van der Waals surface area (Å²) in [5.41, 5.74) is 7.82. The Kier molecular flexibility index (Phi) is 3.64. The third kappa shape index (κ3) is 2.63. The third-order valence-corrected chi connectivity index (χ3v) is 5.70. The number of carbonyl (C=O) groups excluding carboxylic acids is 1. The number of aromatic amines is 1. The van der Waals surface area contributed by atoms with Crippen molar-refractivity contribution < 1.29 is 4.79 Å². The Bertz CT molecular complexity index is 1110. The van der Waals surface area contributed by atoms with Crippen LogP contribution in [0.4, 0.5) is 0 Å². The fourth-order valence-corrected chi connectivity index (χ4v) is 4.31. The molecule has 5 rings (SSSR count). The predicted octanol–water partition coefficient (Wildman–Crippen LogP) is 5.11. The Balaban J connectivity index is 1.34. The van der Waals surface area contributed by atoms with Gasteiger partial charge < -0.3 is 4.98 Å². The Morgan fingerprint density at radius 1 is 0.962 bits per heavy atom. The average molecular weight is 356 g/mol. The van der Waals surface area contributed by atoms with E-state index in [4.69, 9.17) is 0 Å². The standard InChI is InChI=1S/C22H16N2OS/c25-21(13-26-22-23-19-7-3-4-8-20(19)24-22)15-9-10-18-16(12-15)11-14-5-1-2-6-17(14)18/h1-10,12H,11,13H2,(H,23,24). The van der Waals surface area contributed by atoms with Crippen molar-refractivity contribution in [2.75, 3.05) is 5.75 Å². The number of hydrogen-bond acceptors (Lipinski definition) is 3. The van der Waals surface area contributed by atoms with Gasteiger partial charge in [0.05, 0.1) is 16.8 Å². The molecule has 0 amide bonds. The van der Waals surface area contributed by atoms with E-state index in [1.54, 1.807) is 0 Å². The quantitative estimate of drug-likeness (QED) is 0.359. The van der Waals surface area contributed by atoms with E-state index < -0.39 is 0 Å². The molecule has 0 atom stereocenters. The van der Waals surface area contributed by atoms with Gasteiger partial charge in [0.2, 0.25) is 0 Å². The summed E-state index contributed by atoms with van der Waals surface area (Å²) in [7, 11) is 0. The number of ketones is 1. The van der Waals surface area contributed by atoms with Crippen molar-refractivity contribution >= 4 is 28.6 Å². The molecule has 4 heteroatoms. The summed E-state index contributed by atoms with van der Waals surface area (Å²) in [5, 5.41) is 0.785. The number of carbonyl (C=O) groups is 1. The molecule has 3 aromatic carbocycles. The molecule has 1 aliphatic carbocycles. The molecule has 0 radical (unpaired) electrons.